The molecule has 0 heterocycles. The predicted octanol–water partition coefficient (Wildman–Crippen LogP) is 3.63. The van der Waals surface area contributed by atoms with Crippen LogP contribution < -0.4 is 0 Å². The van der Waals surface area contributed by atoms with Crippen LogP contribution in [0.3, 0.4) is 0 Å². The molecule has 116 valence electrons. The highest BCUT2D eigenvalue weighted by atomic mass is 28.4. The number of hydrogen-bond donors (Lipinski definition) is 0. The molecule has 0 aliphatic carbocycles. The first-order chi connectivity index (χ1) is 9.08. The van der Waals surface area contributed by atoms with E-state index in [1.165, 1.54) is 6.42 Å². The molecule has 0 fully saturated rings. The van der Waals surface area contributed by atoms with Crippen LogP contribution in [0.15, 0.2) is 0 Å². The predicted molar refractivity (Wildman–Crippen MR) is 80.4 cm³/mol. The van der Waals surface area contributed by atoms with E-state index < -0.39 is 8.80 Å². The molecule has 0 N–H and O–H groups in total. The zero-order chi connectivity index (χ0) is 14.6. The van der Waals surface area contributed by atoms with Crippen molar-refractivity contribution in [3.8, 4) is 0 Å². The van der Waals surface area contributed by atoms with Gasteiger partial charge in [-0.05, 0) is 40.0 Å². The quantitative estimate of drug-likeness (QED) is 0.384. The first-order valence-corrected chi connectivity index (χ1v) is 9.83. The maximum absolute atomic E-state index is 5.99. The van der Waals surface area contributed by atoms with Crippen LogP contribution in [-0.4, -0.2) is 41.3 Å². The summed E-state index contributed by atoms with van der Waals surface area (Å²) in [7, 11) is -2.43. The summed E-state index contributed by atoms with van der Waals surface area (Å²) in [4.78, 5) is 0. The minimum atomic E-state index is -2.43. The Balaban J connectivity index is 3.77. The largest absolute Gasteiger partial charge is 0.497 e. The average molecular weight is 292 g/mol. The Morgan fingerprint density at radius 3 is 2.05 bits per heavy atom. The molecule has 0 amide bonds. The molecule has 0 aliphatic rings. The van der Waals surface area contributed by atoms with Gasteiger partial charge in [0.1, 0.15) is 0 Å². The lowest BCUT2D eigenvalue weighted by Crippen LogP contribution is -2.45. The van der Waals surface area contributed by atoms with E-state index in [1.54, 1.807) is 0 Å². The summed E-state index contributed by atoms with van der Waals surface area (Å²) in [5.74, 6) is 0. The van der Waals surface area contributed by atoms with Crippen molar-refractivity contribution in [1.29, 1.82) is 0 Å². The molecule has 0 saturated heterocycles. The molecular weight excluding hydrogens is 260 g/mol. The Hall–Kier alpha value is 0.0569. The fraction of sp³-hybridized carbons (Fsp3) is 1.00. The van der Waals surface area contributed by atoms with E-state index in [0.29, 0.717) is 13.2 Å². The normalized spacial score (nSPS) is 13.7. The van der Waals surface area contributed by atoms with E-state index >= 15 is 0 Å². The molecule has 1 atom stereocenters. The molecule has 0 saturated carbocycles. The van der Waals surface area contributed by atoms with Gasteiger partial charge in [0.25, 0.3) is 0 Å². The van der Waals surface area contributed by atoms with Crippen LogP contribution in [0, 0.1) is 0 Å². The zero-order valence-electron chi connectivity index (χ0n) is 13.4. The second-order valence-electron chi connectivity index (χ2n) is 4.77. The Morgan fingerprint density at radius 2 is 1.53 bits per heavy atom. The second-order valence-corrected chi connectivity index (χ2v) is 7.30. The molecule has 0 aromatic rings. The average Bonchev–Trinajstić information content (AvgIpc) is 2.33. The SMILES string of the molecule is CCCCOCCCC(C)O[Si](C)(OCC)OCC. The summed E-state index contributed by atoms with van der Waals surface area (Å²) < 4.78 is 22.9. The van der Waals surface area contributed by atoms with Gasteiger partial charge in [0.05, 0.1) is 0 Å². The van der Waals surface area contributed by atoms with Crippen LogP contribution in [0.2, 0.25) is 6.55 Å². The van der Waals surface area contributed by atoms with Gasteiger partial charge < -0.3 is 18.0 Å². The van der Waals surface area contributed by atoms with Crippen LogP contribution in [-0.2, 0) is 18.0 Å². The number of unbranched alkanes of at least 4 members (excludes halogenated alkanes) is 1. The van der Waals surface area contributed by atoms with E-state index in [1.807, 2.05) is 20.4 Å². The third-order valence-electron chi connectivity index (χ3n) is 2.77. The number of ether oxygens (including phenoxy) is 1. The molecule has 5 heteroatoms. The summed E-state index contributed by atoms with van der Waals surface area (Å²) in [6, 6.07) is 0. The number of hydrogen-bond acceptors (Lipinski definition) is 4. The van der Waals surface area contributed by atoms with Crippen molar-refractivity contribution in [1.82, 2.24) is 0 Å². The van der Waals surface area contributed by atoms with Crippen molar-refractivity contribution in [2.45, 2.75) is 66.0 Å². The standard InChI is InChI=1S/C14H32O4Si/c1-6-9-12-15-13-10-11-14(4)18-19(5,16-7-2)17-8-3/h14H,6-13H2,1-5H3. The maximum atomic E-state index is 5.99. The first-order valence-electron chi connectivity index (χ1n) is 7.61. The maximum Gasteiger partial charge on any atom is 0.497 e. The van der Waals surface area contributed by atoms with Crippen LogP contribution in [0.5, 0.6) is 0 Å². The summed E-state index contributed by atoms with van der Waals surface area (Å²) in [6.45, 7) is 13.1. The minimum Gasteiger partial charge on any atom is -0.381 e. The fourth-order valence-electron chi connectivity index (χ4n) is 1.88. The molecule has 0 aliphatic heterocycles. The Kier molecular flexibility index (Phi) is 11.9. The molecule has 0 spiro atoms. The van der Waals surface area contributed by atoms with Crippen LogP contribution >= 0.6 is 0 Å². The lowest BCUT2D eigenvalue weighted by molar-refractivity contribution is 0.0363. The summed E-state index contributed by atoms with van der Waals surface area (Å²) in [6.07, 6.45) is 4.49. The molecular formula is C14H32O4Si. The second kappa shape index (κ2) is 11.8. The Labute approximate surface area is 120 Å². The van der Waals surface area contributed by atoms with Crippen molar-refractivity contribution in [3.63, 3.8) is 0 Å². The van der Waals surface area contributed by atoms with E-state index in [4.69, 9.17) is 18.0 Å². The van der Waals surface area contributed by atoms with E-state index in [0.717, 1.165) is 32.5 Å². The third-order valence-corrected chi connectivity index (χ3v) is 5.23. The molecule has 1 unspecified atom stereocenters. The van der Waals surface area contributed by atoms with Gasteiger partial charge in [-0.15, -0.1) is 0 Å². The van der Waals surface area contributed by atoms with Gasteiger partial charge in [-0.25, -0.2) is 0 Å². The monoisotopic (exact) mass is 292 g/mol. The van der Waals surface area contributed by atoms with Gasteiger partial charge in [0, 0.05) is 39.1 Å². The molecule has 0 radical (unpaired) electrons. The van der Waals surface area contributed by atoms with Crippen LogP contribution in [0.25, 0.3) is 0 Å². The number of rotatable bonds is 13. The van der Waals surface area contributed by atoms with E-state index in [2.05, 4.69) is 13.8 Å². The summed E-state index contributed by atoms with van der Waals surface area (Å²) in [5.41, 5.74) is 0. The smallest absolute Gasteiger partial charge is 0.381 e. The molecule has 4 nitrogen and oxygen atoms in total. The van der Waals surface area contributed by atoms with Crippen LogP contribution in [0.1, 0.15) is 53.4 Å². The van der Waals surface area contributed by atoms with Gasteiger partial charge in [-0.2, -0.15) is 0 Å². The third kappa shape index (κ3) is 10.5. The van der Waals surface area contributed by atoms with Crippen LogP contribution in [0.4, 0.5) is 0 Å². The molecule has 19 heavy (non-hydrogen) atoms. The van der Waals surface area contributed by atoms with Gasteiger partial charge in [0.15, 0.2) is 0 Å². The fourth-order valence-corrected chi connectivity index (χ4v) is 4.00. The van der Waals surface area contributed by atoms with Gasteiger partial charge >= 0.3 is 8.80 Å². The Bertz CT molecular complexity index is 196. The highest BCUT2D eigenvalue weighted by Gasteiger charge is 2.35. The molecule has 0 rings (SSSR count). The topological polar surface area (TPSA) is 36.9 Å². The highest BCUT2D eigenvalue weighted by Crippen LogP contribution is 2.15. The first kappa shape index (κ1) is 19.1. The highest BCUT2D eigenvalue weighted by molar-refractivity contribution is 6.59. The molecule has 0 bridgehead atoms. The lowest BCUT2D eigenvalue weighted by atomic mass is 10.2. The van der Waals surface area contributed by atoms with E-state index in [9.17, 15) is 0 Å². The minimum absolute atomic E-state index is 0.157. The van der Waals surface area contributed by atoms with Crippen molar-refractivity contribution >= 4 is 8.80 Å². The van der Waals surface area contributed by atoms with Gasteiger partial charge in [-0.1, -0.05) is 13.3 Å². The zero-order valence-corrected chi connectivity index (χ0v) is 14.4. The van der Waals surface area contributed by atoms with E-state index in [-0.39, 0.29) is 6.10 Å². The lowest BCUT2D eigenvalue weighted by Gasteiger charge is -2.28. The van der Waals surface area contributed by atoms with Crippen molar-refractivity contribution in [2.24, 2.45) is 0 Å². The molecule has 0 aromatic carbocycles. The van der Waals surface area contributed by atoms with Crippen molar-refractivity contribution in [3.05, 3.63) is 0 Å². The summed E-state index contributed by atoms with van der Waals surface area (Å²) >= 11 is 0. The van der Waals surface area contributed by atoms with Crippen molar-refractivity contribution < 1.29 is 18.0 Å². The van der Waals surface area contributed by atoms with Gasteiger partial charge in [-0.3, -0.25) is 0 Å². The Morgan fingerprint density at radius 1 is 0.947 bits per heavy atom. The van der Waals surface area contributed by atoms with Gasteiger partial charge in [0.2, 0.25) is 0 Å². The summed E-state index contributed by atoms with van der Waals surface area (Å²) in [5, 5.41) is 0. The van der Waals surface area contributed by atoms with Crippen molar-refractivity contribution in [2.75, 3.05) is 26.4 Å². The molecule has 0 aromatic heterocycles.